The molecule has 35 heavy (non-hydrogen) atoms. The van der Waals surface area contributed by atoms with E-state index in [0.717, 1.165) is 0 Å². The van der Waals surface area contributed by atoms with E-state index in [0.29, 0.717) is 10.5 Å². The number of hydrogen-bond acceptors (Lipinski definition) is 4. The summed E-state index contributed by atoms with van der Waals surface area (Å²) in [6.45, 7) is 11.2. The van der Waals surface area contributed by atoms with Crippen molar-refractivity contribution in [3.8, 4) is 0 Å². The minimum absolute atomic E-state index is 0.563. The molecule has 0 aromatic heterocycles. The van der Waals surface area contributed by atoms with Gasteiger partial charge in [0.05, 0.1) is 0 Å². The molecule has 0 radical (unpaired) electrons. The van der Waals surface area contributed by atoms with Crippen molar-refractivity contribution in [1.29, 1.82) is 0 Å². The van der Waals surface area contributed by atoms with Crippen molar-refractivity contribution in [1.82, 2.24) is 10.6 Å². The summed E-state index contributed by atoms with van der Waals surface area (Å²) in [5.41, 5.74) is -1.13. The van der Waals surface area contributed by atoms with E-state index in [1.165, 1.54) is 0 Å². The van der Waals surface area contributed by atoms with Gasteiger partial charge in [-0.2, -0.15) is 0 Å². The van der Waals surface area contributed by atoms with Crippen LogP contribution in [-0.4, -0.2) is 41.5 Å². The van der Waals surface area contributed by atoms with Gasteiger partial charge in [0.15, 0.2) is 0 Å². The van der Waals surface area contributed by atoms with Crippen molar-refractivity contribution < 1.29 is 15.6 Å². The minimum atomic E-state index is -5.83. The van der Waals surface area contributed by atoms with Crippen molar-refractivity contribution in [3.05, 3.63) is 91.0 Å². The summed E-state index contributed by atoms with van der Waals surface area (Å²) in [5.74, 6) is 0. The van der Waals surface area contributed by atoms with E-state index in [1.54, 1.807) is 0 Å². The van der Waals surface area contributed by atoms with E-state index in [-0.39, 0.29) is 0 Å². The summed E-state index contributed by atoms with van der Waals surface area (Å²) in [5, 5.41) is 5.81. The van der Waals surface area contributed by atoms with Crippen LogP contribution >= 0.6 is 0 Å². The Morgan fingerprint density at radius 1 is 0.543 bits per heavy atom. The summed E-state index contributed by atoms with van der Waals surface area (Å²) >= 11 is -5.83. The topological polar surface area (TPSA) is 76.7 Å². The van der Waals surface area contributed by atoms with Gasteiger partial charge in [0.25, 0.3) is 0 Å². The number of benzene rings is 3. The Bertz CT molecular complexity index is 1020. The summed E-state index contributed by atoms with van der Waals surface area (Å²) in [7, 11) is 0. The molecule has 0 spiro atoms. The van der Waals surface area contributed by atoms with Crippen LogP contribution in [0.1, 0.15) is 41.5 Å². The molecule has 0 saturated carbocycles. The van der Waals surface area contributed by atoms with Gasteiger partial charge in [-0.3, -0.25) is 0 Å². The normalized spacial score (nSPS) is 13.1. The fourth-order valence-corrected chi connectivity index (χ4v) is 16.5. The molecule has 0 atom stereocenters. The zero-order valence-corrected chi connectivity index (χ0v) is 23.8. The monoisotopic (exact) mass is 584 g/mol. The van der Waals surface area contributed by atoms with Gasteiger partial charge < -0.3 is 0 Å². The van der Waals surface area contributed by atoms with Crippen LogP contribution in [-0.2, 0) is 6.03 Å². The molecule has 6 nitrogen and oxygen atoms in total. The molecule has 0 fully saturated rings. The van der Waals surface area contributed by atoms with E-state index < -0.39 is 41.5 Å². The quantitative estimate of drug-likeness (QED) is 0.442. The van der Waals surface area contributed by atoms with Crippen molar-refractivity contribution in [2.24, 2.45) is 0 Å². The van der Waals surface area contributed by atoms with Gasteiger partial charge in [-0.15, -0.1) is 0 Å². The molecule has 3 aromatic carbocycles. The van der Waals surface area contributed by atoms with Crippen LogP contribution in [0.2, 0.25) is 0 Å². The van der Waals surface area contributed by atoms with Gasteiger partial charge in [0.2, 0.25) is 0 Å². The van der Waals surface area contributed by atoms with Crippen molar-refractivity contribution >= 4 is 41.0 Å². The van der Waals surface area contributed by atoms with Crippen LogP contribution in [0, 0.1) is 0 Å². The van der Waals surface area contributed by atoms with Gasteiger partial charge in [-0.05, 0) is 0 Å². The zero-order valence-electron chi connectivity index (χ0n) is 21.2. The predicted octanol–water partition coefficient (Wildman–Crippen LogP) is 4.15. The Kier molecular flexibility index (Phi) is 7.56. The number of nitrogens with one attached hydrogen (secondary N) is 2. The molecule has 3 aromatic rings. The van der Waals surface area contributed by atoms with Gasteiger partial charge >= 0.3 is 211 Å². The number of carbonyl (C=O) groups excluding carboxylic acids is 2. The maximum atomic E-state index is 13.6. The van der Waals surface area contributed by atoms with E-state index in [9.17, 15) is 9.59 Å². The van der Waals surface area contributed by atoms with Gasteiger partial charge in [-0.25, -0.2) is 0 Å². The Labute approximate surface area is 210 Å². The van der Waals surface area contributed by atoms with Crippen LogP contribution in [0.3, 0.4) is 0 Å². The van der Waals surface area contributed by atoms with Crippen LogP contribution in [0.15, 0.2) is 91.0 Å². The summed E-state index contributed by atoms with van der Waals surface area (Å²) < 4.78 is 15.2. The standard InChI is InChI=1S/3C6H5.2C5H11NO2.Sb/c3*1-2-4-6-5-3-1;2*1-5(2,3)6-4(7)8;/h3*1-5H;2*6H,1-3H3,(H,7,8);/q;;;;;+2/p-2. The van der Waals surface area contributed by atoms with Crippen LogP contribution in [0.5, 0.6) is 0 Å². The second kappa shape index (κ2) is 9.94. The van der Waals surface area contributed by atoms with Crippen molar-refractivity contribution in [2.45, 2.75) is 52.6 Å². The van der Waals surface area contributed by atoms with E-state index in [2.05, 4.69) is 10.6 Å². The van der Waals surface area contributed by atoms with Crippen LogP contribution < -0.4 is 21.2 Å². The molecule has 0 aliphatic heterocycles. The fraction of sp³-hybridized carbons (Fsp3) is 0.286. The first kappa shape index (κ1) is 26.6. The summed E-state index contributed by atoms with van der Waals surface area (Å²) in [6.07, 6.45) is -1.31. The summed E-state index contributed by atoms with van der Waals surface area (Å²) in [6, 6.07) is 28.1. The van der Waals surface area contributed by atoms with E-state index >= 15 is 0 Å². The first-order valence-corrected chi connectivity index (χ1v) is 17.5. The second-order valence-corrected chi connectivity index (χ2v) is 21.4. The molecule has 0 aliphatic carbocycles. The van der Waals surface area contributed by atoms with E-state index in [1.807, 2.05) is 133 Å². The van der Waals surface area contributed by atoms with Gasteiger partial charge in [0.1, 0.15) is 0 Å². The molecule has 7 heteroatoms. The molecule has 0 unspecified atom stereocenters. The Balaban J connectivity index is 2.44. The number of hydrogen-bond donors (Lipinski definition) is 2. The fourth-order valence-electron chi connectivity index (χ4n) is 3.85. The SMILES string of the molecule is CC(C)(C)NC(=O)[O][Sb]([O]C(=O)NC(C)(C)C)([c]1ccccc1)([c]1ccccc1)[c]1ccccc1. The van der Waals surface area contributed by atoms with Gasteiger partial charge in [0, 0.05) is 0 Å². The van der Waals surface area contributed by atoms with Crippen molar-refractivity contribution in [3.63, 3.8) is 0 Å². The molecule has 0 bridgehead atoms. The Hall–Kier alpha value is -2.98. The predicted molar refractivity (Wildman–Crippen MR) is 143 cm³/mol. The molecule has 0 heterocycles. The third-order valence-corrected chi connectivity index (χ3v) is 18.7. The molecule has 3 rings (SSSR count). The first-order valence-electron chi connectivity index (χ1n) is 11.6. The molecule has 186 valence electrons. The molecule has 2 amide bonds. The van der Waals surface area contributed by atoms with Crippen LogP contribution in [0.4, 0.5) is 9.59 Å². The molecule has 0 saturated heterocycles. The average molecular weight is 585 g/mol. The second-order valence-electron chi connectivity index (χ2n) is 10.5. The molecule has 2 N–H and O–H groups in total. The average Bonchev–Trinajstić information content (AvgIpc) is 2.78. The first-order chi connectivity index (χ1) is 16.4. The Morgan fingerprint density at radius 2 is 0.800 bits per heavy atom. The van der Waals surface area contributed by atoms with Crippen LogP contribution in [0.25, 0.3) is 0 Å². The van der Waals surface area contributed by atoms with Crippen molar-refractivity contribution in [2.75, 3.05) is 0 Å². The summed E-state index contributed by atoms with van der Waals surface area (Å²) in [4.78, 5) is 27.1. The molecule has 0 aliphatic rings. The van der Waals surface area contributed by atoms with Gasteiger partial charge in [-0.1, -0.05) is 0 Å². The molecular weight excluding hydrogens is 550 g/mol. The molecular formula is C28H35N2O4Sb. The number of rotatable bonds is 5. The zero-order chi connectivity index (χ0) is 25.8. The van der Waals surface area contributed by atoms with E-state index in [4.69, 9.17) is 6.03 Å². The third kappa shape index (κ3) is 5.82. The Morgan fingerprint density at radius 3 is 1.03 bits per heavy atom. The number of amides is 2. The maximum absolute atomic E-state index is 13.6. The number of carbonyl (C=O) groups is 2. The third-order valence-electron chi connectivity index (χ3n) is 5.14.